The maximum absolute atomic E-state index is 12.4. The Kier molecular flexibility index (Phi) is 3.66. The quantitative estimate of drug-likeness (QED) is 0.504. The second-order valence-electron chi connectivity index (χ2n) is 5.33. The molecule has 0 spiro atoms. The van der Waals surface area contributed by atoms with Crippen molar-refractivity contribution >= 4 is 38.6 Å². The highest BCUT2D eigenvalue weighted by Crippen LogP contribution is 2.25. The van der Waals surface area contributed by atoms with Gasteiger partial charge >= 0.3 is 0 Å². The predicted molar refractivity (Wildman–Crippen MR) is 93.9 cm³/mol. The summed E-state index contributed by atoms with van der Waals surface area (Å²) in [7, 11) is 0. The number of pyridine rings is 1. The van der Waals surface area contributed by atoms with E-state index in [1.165, 1.54) is 0 Å². The Morgan fingerprint density at radius 3 is 3.08 bits per heavy atom. The first-order valence-corrected chi connectivity index (χ1v) is 8.07. The van der Waals surface area contributed by atoms with Crippen LogP contribution in [0.15, 0.2) is 53.7 Å². The molecule has 4 aromatic rings. The van der Waals surface area contributed by atoms with Crippen molar-refractivity contribution in [3.05, 3.63) is 64.9 Å². The highest BCUT2D eigenvalue weighted by molar-refractivity contribution is 9.10. The molecule has 4 heterocycles. The van der Waals surface area contributed by atoms with Crippen LogP contribution in [0.25, 0.3) is 11.0 Å². The van der Waals surface area contributed by atoms with Crippen molar-refractivity contribution in [2.24, 2.45) is 0 Å². The Hall–Kier alpha value is -2.87. The molecular formula is C16H13BrN6O. The summed E-state index contributed by atoms with van der Waals surface area (Å²) < 4.78 is 2.57. The van der Waals surface area contributed by atoms with Gasteiger partial charge in [0, 0.05) is 40.3 Å². The number of carbonyl (C=O) groups is 1. The molecule has 24 heavy (non-hydrogen) atoms. The first-order chi connectivity index (χ1) is 11.7. The molecule has 0 aliphatic rings. The number of nitrogens with one attached hydrogen (secondary N) is 3. The molecule has 0 radical (unpaired) electrons. The van der Waals surface area contributed by atoms with Gasteiger partial charge < -0.3 is 15.3 Å². The lowest BCUT2D eigenvalue weighted by Crippen LogP contribution is -2.10. The molecular weight excluding hydrogens is 372 g/mol. The van der Waals surface area contributed by atoms with Crippen molar-refractivity contribution in [2.45, 2.75) is 6.54 Å². The van der Waals surface area contributed by atoms with Gasteiger partial charge in [-0.05, 0) is 34.1 Å². The van der Waals surface area contributed by atoms with E-state index in [0.717, 1.165) is 21.2 Å². The van der Waals surface area contributed by atoms with Crippen molar-refractivity contribution in [3.8, 4) is 0 Å². The van der Waals surface area contributed by atoms with Crippen molar-refractivity contribution < 1.29 is 4.79 Å². The van der Waals surface area contributed by atoms with Crippen LogP contribution in [0.1, 0.15) is 16.1 Å². The second kappa shape index (κ2) is 5.97. The lowest BCUT2D eigenvalue weighted by molar-refractivity contribution is 0.102. The van der Waals surface area contributed by atoms with Crippen LogP contribution >= 0.6 is 15.9 Å². The molecule has 120 valence electrons. The van der Waals surface area contributed by atoms with Crippen LogP contribution in [0.5, 0.6) is 0 Å². The molecule has 0 bridgehead atoms. The zero-order valence-corrected chi connectivity index (χ0v) is 14.0. The normalized spacial score (nSPS) is 11.0. The lowest BCUT2D eigenvalue weighted by atomic mass is 10.3. The Morgan fingerprint density at radius 1 is 1.33 bits per heavy atom. The molecule has 0 aliphatic heterocycles. The lowest BCUT2D eigenvalue weighted by Gasteiger charge is -2.02. The summed E-state index contributed by atoms with van der Waals surface area (Å²) in [5.74, 6) is -0.214. The largest absolute Gasteiger partial charge is 0.363 e. The average Bonchev–Trinajstić information content (AvgIpc) is 3.30. The number of carbonyl (C=O) groups excluding carboxylic acids is 1. The number of hydrogen-bond donors (Lipinski definition) is 3. The summed E-state index contributed by atoms with van der Waals surface area (Å²) >= 11 is 3.39. The summed E-state index contributed by atoms with van der Waals surface area (Å²) in [6, 6.07) is 5.80. The number of rotatable bonds is 4. The van der Waals surface area contributed by atoms with Gasteiger partial charge in [0.1, 0.15) is 5.65 Å². The Labute approximate surface area is 145 Å². The van der Waals surface area contributed by atoms with Crippen molar-refractivity contribution in [1.82, 2.24) is 24.7 Å². The summed E-state index contributed by atoms with van der Waals surface area (Å²) in [4.78, 5) is 22.8. The number of fused-ring (bicyclic) bond motifs is 1. The van der Waals surface area contributed by atoms with Crippen LogP contribution in [0, 0.1) is 0 Å². The number of hydrogen-bond acceptors (Lipinski definition) is 3. The highest BCUT2D eigenvalue weighted by atomic mass is 79.9. The van der Waals surface area contributed by atoms with Gasteiger partial charge in [0.05, 0.1) is 24.0 Å². The molecule has 1 amide bonds. The molecule has 7 nitrogen and oxygen atoms in total. The van der Waals surface area contributed by atoms with Gasteiger partial charge in [-0.1, -0.05) is 0 Å². The molecule has 0 saturated heterocycles. The third-order valence-electron chi connectivity index (χ3n) is 3.64. The van der Waals surface area contributed by atoms with E-state index >= 15 is 0 Å². The maximum atomic E-state index is 12.4. The number of amides is 1. The topological polar surface area (TPSA) is 91.4 Å². The number of H-pyrrole nitrogens is 2. The van der Waals surface area contributed by atoms with E-state index in [-0.39, 0.29) is 5.91 Å². The maximum Gasteiger partial charge on any atom is 0.258 e. The SMILES string of the molecule is O=C(Nc1c[nH]c2ncc(Br)cc12)c1cnn(Cc2ccc[nH]2)c1. The van der Waals surface area contributed by atoms with Gasteiger partial charge in [-0.3, -0.25) is 9.48 Å². The number of aromatic amines is 2. The van der Waals surface area contributed by atoms with Crippen molar-refractivity contribution in [3.63, 3.8) is 0 Å². The third kappa shape index (κ3) is 2.83. The van der Waals surface area contributed by atoms with E-state index in [0.29, 0.717) is 17.8 Å². The van der Waals surface area contributed by atoms with Crippen LogP contribution < -0.4 is 5.32 Å². The van der Waals surface area contributed by atoms with Gasteiger partial charge in [0.15, 0.2) is 0 Å². The van der Waals surface area contributed by atoms with E-state index < -0.39 is 0 Å². The number of aromatic nitrogens is 5. The standard InChI is InChI=1S/C16H13BrN6O/c17-11-4-13-14(7-20-15(13)19-6-11)22-16(24)10-5-21-23(8-10)9-12-2-1-3-18-12/h1-8,18H,9H2,(H,19,20)(H,22,24). The predicted octanol–water partition coefficient (Wildman–Crippen LogP) is 3.15. The minimum atomic E-state index is -0.214. The molecule has 0 unspecified atom stereocenters. The average molecular weight is 385 g/mol. The summed E-state index contributed by atoms with van der Waals surface area (Å²) in [6.07, 6.45) is 8.57. The fourth-order valence-electron chi connectivity index (χ4n) is 2.48. The zero-order valence-electron chi connectivity index (χ0n) is 12.5. The fraction of sp³-hybridized carbons (Fsp3) is 0.0625. The third-order valence-corrected chi connectivity index (χ3v) is 4.07. The van der Waals surface area contributed by atoms with E-state index in [1.54, 1.807) is 29.5 Å². The van der Waals surface area contributed by atoms with Gasteiger partial charge in [-0.25, -0.2) is 4.98 Å². The highest BCUT2D eigenvalue weighted by Gasteiger charge is 2.13. The van der Waals surface area contributed by atoms with Gasteiger partial charge in [0.25, 0.3) is 5.91 Å². The first kappa shape index (κ1) is 14.7. The molecule has 3 N–H and O–H groups in total. The van der Waals surface area contributed by atoms with Crippen LogP contribution in [0.4, 0.5) is 5.69 Å². The molecule has 8 heteroatoms. The molecule has 0 fully saturated rings. The van der Waals surface area contributed by atoms with E-state index in [2.05, 4.69) is 41.3 Å². The summed E-state index contributed by atoms with van der Waals surface area (Å²) in [6.45, 7) is 0.588. The Morgan fingerprint density at radius 2 is 2.25 bits per heavy atom. The summed E-state index contributed by atoms with van der Waals surface area (Å²) in [5, 5.41) is 7.96. The van der Waals surface area contributed by atoms with Crippen LogP contribution in [-0.2, 0) is 6.54 Å². The van der Waals surface area contributed by atoms with Crippen molar-refractivity contribution in [2.75, 3.05) is 5.32 Å². The molecule has 4 aromatic heterocycles. The van der Waals surface area contributed by atoms with Crippen LogP contribution in [0.3, 0.4) is 0 Å². The number of anilines is 1. The Bertz CT molecular complexity index is 1000. The molecule has 0 atom stereocenters. The van der Waals surface area contributed by atoms with E-state index in [4.69, 9.17) is 0 Å². The smallest absolute Gasteiger partial charge is 0.258 e. The number of nitrogens with zero attached hydrogens (tertiary/aromatic N) is 3. The number of halogens is 1. The fourth-order valence-corrected chi connectivity index (χ4v) is 2.81. The van der Waals surface area contributed by atoms with Crippen molar-refractivity contribution in [1.29, 1.82) is 0 Å². The minimum absolute atomic E-state index is 0.214. The minimum Gasteiger partial charge on any atom is -0.363 e. The van der Waals surface area contributed by atoms with Gasteiger partial charge in [0.2, 0.25) is 0 Å². The molecule has 0 aliphatic carbocycles. The second-order valence-corrected chi connectivity index (χ2v) is 6.24. The van der Waals surface area contributed by atoms with Gasteiger partial charge in [-0.15, -0.1) is 0 Å². The monoisotopic (exact) mass is 384 g/mol. The molecule has 0 saturated carbocycles. The van der Waals surface area contributed by atoms with E-state index in [1.807, 2.05) is 24.4 Å². The first-order valence-electron chi connectivity index (χ1n) is 7.28. The summed E-state index contributed by atoms with van der Waals surface area (Å²) in [5.41, 5.74) is 2.92. The zero-order chi connectivity index (χ0) is 16.5. The van der Waals surface area contributed by atoms with E-state index in [9.17, 15) is 4.79 Å². The molecule has 4 rings (SSSR count). The van der Waals surface area contributed by atoms with Gasteiger partial charge in [-0.2, -0.15) is 5.10 Å². The van der Waals surface area contributed by atoms with Crippen LogP contribution in [0.2, 0.25) is 0 Å². The Balaban J connectivity index is 1.53. The van der Waals surface area contributed by atoms with Crippen LogP contribution in [-0.4, -0.2) is 30.6 Å². The molecule has 0 aromatic carbocycles.